The number of aromatic nitrogens is 1. The molecule has 0 saturated heterocycles. The summed E-state index contributed by atoms with van der Waals surface area (Å²) in [5, 5.41) is 0.652. The number of halogens is 1. The Labute approximate surface area is 139 Å². The van der Waals surface area contributed by atoms with E-state index in [0.717, 1.165) is 11.3 Å². The van der Waals surface area contributed by atoms with Gasteiger partial charge in [0.2, 0.25) is 0 Å². The van der Waals surface area contributed by atoms with E-state index in [-0.39, 0.29) is 5.97 Å². The minimum atomic E-state index is -0.399. The van der Waals surface area contributed by atoms with Crippen LogP contribution >= 0.6 is 11.6 Å². The zero-order valence-corrected chi connectivity index (χ0v) is 13.4. The van der Waals surface area contributed by atoms with Crippen LogP contribution in [0.3, 0.4) is 0 Å². The Morgan fingerprint density at radius 1 is 1.43 bits per heavy atom. The second-order valence-electron chi connectivity index (χ2n) is 5.14. The van der Waals surface area contributed by atoms with Gasteiger partial charge >= 0.3 is 5.97 Å². The zero-order chi connectivity index (χ0) is 16.2. The molecule has 4 nitrogen and oxygen atoms in total. The van der Waals surface area contributed by atoms with E-state index in [9.17, 15) is 4.79 Å². The molecule has 0 fully saturated rings. The molecular formula is C18H16ClNO3. The number of fused-ring (bicyclic) bond motifs is 1. The molecule has 1 unspecified atom stereocenters. The topological polar surface area (TPSA) is 48.4 Å². The molecule has 1 aliphatic rings. The molecular weight excluding hydrogens is 314 g/mol. The second-order valence-corrected chi connectivity index (χ2v) is 5.57. The van der Waals surface area contributed by atoms with Gasteiger partial charge in [-0.15, -0.1) is 0 Å². The lowest BCUT2D eigenvalue weighted by atomic mass is 10.0. The number of nitrogens with zero attached hydrogens (tertiary/aromatic N) is 1. The standard InChI is InChI=1S/C18H16ClNO3/c1-2-22-18(21)15(11-14-5-3-4-8-20-14)17-10-12-9-13(19)6-7-16(12)23-17/h3-9,11,17H,2,10H2,1H3. The Bertz CT molecular complexity index is 743. The summed E-state index contributed by atoms with van der Waals surface area (Å²) >= 11 is 6.02. The minimum absolute atomic E-state index is 0.309. The van der Waals surface area contributed by atoms with Crippen molar-refractivity contribution in [1.29, 1.82) is 0 Å². The first-order chi connectivity index (χ1) is 11.2. The van der Waals surface area contributed by atoms with Crippen LogP contribution in [0.15, 0.2) is 48.2 Å². The molecule has 1 atom stereocenters. The molecule has 1 aromatic carbocycles. The van der Waals surface area contributed by atoms with E-state index >= 15 is 0 Å². The van der Waals surface area contributed by atoms with Gasteiger partial charge < -0.3 is 9.47 Å². The minimum Gasteiger partial charge on any atom is -0.485 e. The van der Waals surface area contributed by atoms with E-state index < -0.39 is 6.10 Å². The zero-order valence-electron chi connectivity index (χ0n) is 12.7. The van der Waals surface area contributed by atoms with E-state index in [1.165, 1.54) is 0 Å². The molecule has 0 radical (unpaired) electrons. The van der Waals surface area contributed by atoms with Crippen molar-refractivity contribution in [3.05, 3.63) is 64.4 Å². The average Bonchev–Trinajstić information content (AvgIpc) is 2.96. The molecule has 0 N–H and O–H groups in total. The van der Waals surface area contributed by atoms with Crippen LogP contribution in [0.1, 0.15) is 18.2 Å². The highest BCUT2D eigenvalue weighted by molar-refractivity contribution is 6.30. The molecule has 1 aromatic heterocycles. The van der Waals surface area contributed by atoms with Crippen molar-refractivity contribution in [2.24, 2.45) is 0 Å². The number of pyridine rings is 1. The third-order valence-electron chi connectivity index (χ3n) is 3.55. The molecule has 3 rings (SSSR count). The quantitative estimate of drug-likeness (QED) is 0.634. The molecule has 0 amide bonds. The highest BCUT2D eigenvalue weighted by Gasteiger charge is 2.31. The molecule has 2 aromatic rings. The molecule has 2 heterocycles. The second kappa shape index (κ2) is 6.84. The maximum Gasteiger partial charge on any atom is 0.337 e. The van der Waals surface area contributed by atoms with Crippen molar-refractivity contribution in [2.75, 3.05) is 6.61 Å². The van der Waals surface area contributed by atoms with E-state index in [1.54, 1.807) is 25.3 Å². The predicted octanol–water partition coefficient (Wildman–Crippen LogP) is 3.69. The fourth-order valence-electron chi connectivity index (χ4n) is 2.51. The lowest BCUT2D eigenvalue weighted by Gasteiger charge is -2.14. The van der Waals surface area contributed by atoms with Gasteiger partial charge in [-0.25, -0.2) is 4.79 Å². The van der Waals surface area contributed by atoms with Crippen molar-refractivity contribution < 1.29 is 14.3 Å². The smallest absolute Gasteiger partial charge is 0.337 e. The number of benzene rings is 1. The Kier molecular flexibility index (Phi) is 4.63. The van der Waals surface area contributed by atoms with Gasteiger partial charge in [0.25, 0.3) is 0 Å². The van der Waals surface area contributed by atoms with Crippen molar-refractivity contribution in [3.63, 3.8) is 0 Å². The highest BCUT2D eigenvalue weighted by Crippen LogP contribution is 2.34. The number of carbonyl (C=O) groups is 1. The van der Waals surface area contributed by atoms with E-state index in [1.807, 2.05) is 30.3 Å². The summed E-state index contributed by atoms with van der Waals surface area (Å²) in [6, 6.07) is 11.0. The van der Waals surface area contributed by atoms with Gasteiger partial charge in [0, 0.05) is 17.6 Å². The monoisotopic (exact) mass is 329 g/mol. The van der Waals surface area contributed by atoms with Gasteiger partial charge in [0.05, 0.1) is 17.9 Å². The van der Waals surface area contributed by atoms with E-state index in [2.05, 4.69) is 4.98 Å². The summed E-state index contributed by atoms with van der Waals surface area (Å²) in [7, 11) is 0. The van der Waals surface area contributed by atoms with E-state index in [4.69, 9.17) is 21.1 Å². The van der Waals surface area contributed by atoms with Gasteiger partial charge in [-0.3, -0.25) is 4.98 Å². The van der Waals surface area contributed by atoms with Crippen LogP contribution < -0.4 is 4.74 Å². The third kappa shape index (κ3) is 3.54. The first-order valence-electron chi connectivity index (χ1n) is 7.42. The Hall–Kier alpha value is -2.33. The molecule has 0 bridgehead atoms. The molecule has 118 valence electrons. The lowest BCUT2D eigenvalue weighted by molar-refractivity contribution is -0.139. The van der Waals surface area contributed by atoms with Crippen LogP contribution in [0, 0.1) is 0 Å². The fraction of sp³-hybridized carbons (Fsp3) is 0.222. The number of hydrogen-bond donors (Lipinski definition) is 0. The summed E-state index contributed by atoms with van der Waals surface area (Å²) in [6.07, 6.45) is 3.58. The van der Waals surface area contributed by atoms with Crippen molar-refractivity contribution in [2.45, 2.75) is 19.4 Å². The molecule has 0 saturated carbocycles. The van der Waals surface area contributed by atoms with Crippen LogP contribution in [0.5, 0.6) is 5.75 Å². The maximum atomic E-state index is 12.3. The summed E-state index contributed by atoms with van der Waals surface area (Å²) in [6.45, 7) is 2.09. The van der Waals surface area contributed by atoms with Gasteiger partial charge in [-0.1, -0.05) is 17.7 Å². The predicted molar refractivity (Wildman–Crippen MR) is 88.4 cm³/mol. The van der Waals surface area contributed by atoms with Crippen LogP contribution in [0.4, 0.5) is 0 Å². The summed E-state index contributed by atoms with van der Waals surface area (Å²) in [4.78, 5) is 16.6. The molecule has 1 aliphatic heterocycles. The number of ether oxygens (including phenoxy) is 2. The third-order valence-corrected chi connectivity index (χ3v) is 3.78. The maximum absolute atomic E-state index is 12.3. The van der Waals surface area contributed by atoms with Crippen LogP contribution in [0.2, 0.25) is 5.02 Å². The van der Waals surface area contributed by atoms with Crippen molar-refractivity contribution in [3.8, 4) is 5.75 Å². The van der Waals surface area contributed by atoms with Crippen molar-refractivity contribution in [1.82, 2.24) is 4.98 Å². The Balaban J connectivity index is 1.91. The molecule has 0 spiro atoms. The normalized spacial score (nSPS) is 16.6. The largest absolute Gasteiger partial charge is 0.485 e. The number of esters is 1. The number of hydrogen-bond acceptors (Lipinski definition) is 4. The molecule has 23 heavy (non-hydrogen) atoms. The summed E-state index contributed by atoms with van der Waals surface area (Å²) < 4.78 is 11.1. The number of rotatable bonds is 4. The first-order valence-corrected chi connectivity index (χ1v) is 7.80. The van der Waals surface area contributed by atoms with Crippen molar-refractivity contribution >= 4 is 23.6 Å². The Morgan fingerprint density at radius 3 is 3.04 bits per heavy atom. The first kappa shape index (κ1) is 15.6. The van der Waals surface area contributed by atoms with Crippen LogP contribution in [-0.4, -0.2) is 23.7 Å². The average molecular weight is 330 g/mol. The lowest BCUT2D eigenvalue weighted by Crippen LogP contribution is -2.24. The number of carbonyl (C=O) groups excluding carboxylic acids is 1. The summed E-state index contributed by atoms with van der Waals surface area (Å²) in [5.74, 6) is 0.359. The highest BCUT2D eigenvalue weighted by atomic mass is 35.5. The summed E-state index contributed by atoms with van der Waals surface area (Å²) in [5.41, 5.74) is 2.13. The van der Waals surface area contributed by atoms with Gasteiger partial charge in [0.1, 0.15) is 11.9 Å². The molecule has 0 aliphatic carbocycles. The van der Waals surface area contributed by atoms with Crippen LogP contribution in [-0.2, 0) is 16.0 Å². The van der Waals surface area contributed by atoms with Gasteiger partial charge in [-0.05, 0) is 48.9 Å². The van der Waals surface area contributed by atoms with Gasteiger partial charge in [-0.2, -0.15) is 0 Å². The SMILES string of the molecule is CCOC(=O)C(=Cc1ccccn1)C1Cc2cc(Cl)ccc2O1. The molecule has 5 heteroatoms. The van der Waals surface area contributed by atoms with E-state index in [0.29, 0.717) is 29.3 Å². The fourth-order valence-corrected chi connectivity index (χ4v) is 2.70. The van der Waals surface area contributed by atoms with Gasteiger partial charge in [0.15, 0.2) is 0 Å². The Morgan fingerprint density at radius 2 is 2.30 bits per heavy atom. The van der Waals surface area contributed by atoms with Crippen LogP contribution in [0.25, 0.3) is 6.08 Å².